The van der Waals surface area contributed by atoms with Gasteiger partial charge in [-0.1, -0.05) is 26.2 Å². The van der Waals surface area contributed by atoms with Crippen LogP contribution in [0.25, 0.3) is 0 Å². The highest BCUT2D eigenvalue weighted by molar-refractivity contribution is 5.71. The average molecular weight is 238 g/mol. The van der Waals surface area contributed by atoms with Gasteiger partial charge in [0.2, 0.25) is 5.95 Å². The van der Waals surface area contributed by atoms with Gasteiger partial charge in [-0.25, -0.2) is 0 Å². The second-order valence-corrected chi connectivity index (χ2v) is 3.75. The van der Waals surface area contributed by atoms with Gasteiger partial charge in [-0.05, 0) is 11.6 Å². The van der Waals surface area contributed by atoms with E-state index in [9.17, 15) is 4.91 Å². The lowest BCUT2D eigenvalue weighted by molar-refractivity contribution is 0.683. The number of aromatic nitrogens is 2. The number of nitrogens with two attached hydrogens (primary N) is 2. The predicted octanol–water partition coefficient (Wildman–Crippen LogP) is 2.03. The fourth-order valence-corrected chi connectivity index (χ4v) is 1.41. The Kier molecular flexibility index (Phi) is 5.12. The third kappa shape index (κ3) is 3.86. The second kappa shape index (κ2) is 6.62. The molecule has 1 heterocycles. The van der Waals surface area contributed by atoms with Crippen molar-refractivity contribution in [1.82, 2.24) is 9.97 Å². The summed E-state index contributed by atoms with van der Waals surface area (Å²) in [7, 11) is 0. The van der Waals surface area contributed by atoms with E-state index in [0.717, 1.165) is 19.4 Å². The molecule has 7 heteroatoms. The van der Waals surface area contributed by atoms with Crippen molar-refractivity contribution >= 4 is 23.3 Å². The first-order valence-corrected chi connectivity index (χ1v) is 5.69. The lowest BCUT2D eigenvalue weighted by atomic mass is 10.2. The number of nitrogens with zero attached hydrogens (tertiary/aromatic N) is 3. The minimum Gasteiger partial charge on any atom is -0.382 e. The molecule has 0 fully saturated rings. The summed E-state index contributed by atoms with van der Waals surface area (Å²) < 4.78 is 0. The summed E-state index contributed by atoms with van der Waals surface area (Å²) in [6.45, 7) is 2.91. The Morgan fingerprint density at radius 2 is 1.82 bits per heavy atom. The molecule has 1 aromatic rings. The zero-order chi connectivity index (χ0) is 12.7. The molecule has 17 heavy (non-hydrogen) atoms. The fraction of sp³-hybridized carbons (Fsp3) is 0.600. The summed E-state index contributed by atoms with van der Waals surface area (Å²) in [6, 6.07) is 0. The van der Waals surface area contributed by atoms with Gasteiger partial charge in [-0.3, -0.25) is 0 Å². The normalized spacial score (nSPS) is 10.2. The smallest absolute Gasteiger partial charge is 0.226 e. The van der Waals surface area contributed by atoms with Crippen molar-refractivity contribution in [1.29, 1.82) is 0 Å². The Balaban J connectivity index is 2.52. The Hall–Kier alpha value is -1.92. The lowest BCUT2D eigenvalue weighted by Crippen LogP contribution is -2.08. The summed E-state index contributed by atoms with van der Waals surface area (Å²) in [5.74, 6) is 0.344. The Bertz CT molecular complexity index is 358. The first kappa shape index (κ1) is 13.1. The van der Waals surface area contributed by atoms with Crippen molar-refractivity contribution in [3.05, 3.63) is 4.91 Å². The lowest BCUT2D eigenvalue weighted by Gasteiger charge is -2.07. The molecule has 0 aliphatic carbocycles. The first-order chi connectivity index (χ1) is 8.19. The molecule has 94 valence electrons. The standard InChI is InChI=1S/C10H18N6O/c1-2-3-4-5-6-13-10-14-8(11)7(16-17)9(12)15-10/h2-6H2,1H3,(H5,11,12,13,14,15). The van der Waals surface area contributed by atoms with Crippen molar-refractivity contribution in [2.75, 3.05) is 23.3 Å². The number of rotatable bonds is 7. The van der Waals surface area contributed by atoms with Crippen molar-refractivity contribution in [2.45, 2.75) is 32.6 Å². The quantitative estimate of drug-likeness (QED) is 0.494. The van der Waals surface area contributed by atoms with Crippen molar-refractivity contribution in [3.8, 4) is 0 Å². The molecule has 0 atom stereocenters. The van der Waals surface area contributed by atoms with Crippen LogP contribution in [0.3, 0.4) is 0 Å². The topological polar surface area (TPSA) is 119 Å². The van der Waals surface area contributed by atoms with E-state index >= 15 is 0 Å². The Morgan fingerprint density at radius 1 is 1.18 bits per heavy atom. The number of nitrogens with one attached hydrogen (secondary N) is 1. The van der Waals surface area contributed by atoms with Crippen LogP contribution < -0.4 is 16.8 Å². The molecule has 0 saturated carbocycles. The van der Waals surface area contributed by atoms with Crippen molar-refractivity contribution < 1.29 is 0 Å². The summed E-state index contributed by atoms with van der Waals surface area (Å²) in [4.78, 5) is 18.2. The first-order valence-electron chi connectivity index (χ1n) is 5.69. The molecule has 0 bridgehead atoms. The van der Waals surface area contributed by atoms with Crippen LogP contribution in [0.5, 0.6) is 0 Å². The average Bonchev–Trinajstić information content (AvgIpc) is 2.28. The van der Waals surface area contributed by atoms with Gasteiger partial charge < -0.3 is 16.8 Å². The van der Waals surface area contributed by atoms with E-state index in [1.54, 1.807) is 0 Å². The van der Waals surface area contributed by atoms with Gasteiger partial charge in [-0.2, -0.15) is 9.97 Å². The molecule has 0 radical (unpaired) electrons. The third-order valence-corrected chi connectivity index (χ3v) is 2.34. The molecule has 0 aliphatic rings. The molecule has 1 rings (SSSR count). The van der Waals surface area contributed by atoms with Crippen LogP contribution in [0.1, 0.15) is 32.6 Å². The SMILES string of the molecule is CCCCCCNc1nc(N)c(N=O)c(N)n1. The van der Waals surface area contributed by atoms with Gasteiger partial charge in [0.15, 0.2) is 17.3 Å². The summed E-state index contributed by atoms with van der Waals surface area (Å²) in [5.41, 5.74) is 10.9. The van der Waals surface area contributed by atoms with Gasteiger partial charge in [0.05, 0.1) is 0 Å². The van der Waals surface area contributed by atoms with Crippen molar-refractivity contribution in [2.24, 2.45) is 5.18 Å². The van der Waals surface area contributed by atoms with E-state index in [1.165, 1.54) is 12.8 Å². The van der Waals surface area contributed by atoms with E-state index in [-0.39, 0.29) is 17.3 Å². The molecule has 0 amide bonds. The van der Waals surface area contributed by atoms with Gasteiger partial charge in [0.1, 0.15) is 0 Å². The molecule has 7 nitrogen and oxygen atoms in total. The molecule has 1 aromatic heterocycles. The monoisotopic (exact) mass is 238 g/mol. The van der Waals surface area contributed by atoms with Crippen molar-refractivity contribution in [3.63, 3.8) is 0 Å². The minimum atomic E-state index is -0.0958. The minimum absolute atomic E-state index is 0.00329. The molecule has 0 aliphatic heterocycles. The molecule has 0 spiro atoms. The number of unbranched alkanes of at least 4 members (excludes halogenated alkanes) is 3. The van der Waals surface area contributed by atoms with E-state index in [0.29, 0.717) is 5.95 Å². The molecule has 0 aromatic carbocycles. The molecular formula is C10H18N6O. The summed E-state index contributed by atoms with van der Waals surface area (Å²) >= 11 is 0. The number of hydrogen-bond acceptors (Lipinski definition) is 7. The van der Waals surface area contributed by atoms with Crippen LogP contribution in [0.4, 0.5) is 23.3 Å². The van der Waals surface area contributed by atoms with Crippen LogP contribution in [-0.2, 0) is 0 Å². The van der Waals surface area contributed by atoms with Crippen LogP contribution >= 0.6 is 0 Å². The number of nitroso groups, excluding NO2 is 1. The molecule has 0 unspecified atom stereocenters. The van der Waals surface area contributed by atoms with Crippen LogP contribution in [0.15, 0.2) is 5.18 Å². The van der Waals surface area contributed by atoms with Crippen LogP contribution in [-0.4, -0.2) is 16.5 Å². The van der Waals surface area contributed by atoms with Gasteiger partial charge in [-0.15, -0.1) is 4.91 Å². The molecular weight excluding hydrogens is 220 g/mol. The zero-order valence-electron chi connectivity index (χ0n) is 9.94. The Morgan fingerprint density at radius 3 is 2.35 bits per heavy atom. The van der Waals surface area contributed by atoms with Crippen LogP contribution in [0.2, 0.25) is 0 Å². The highest BCUT2D eigenvalue weighted by Crippen LogP contribution is 2.26. The Labute approximate surface area is 100.0 Å². The van der Waals surface area contributed by atoms with Crippen LogP contribution in [0, 0.1) is 4.91 Å². The summed E-state index contributed by atoms with van der Waals surface area (Å²) in [5, 5.41) is 5.69. The third-order valence-electron chi connectivity index (χ3n) is 2.34. The maximum atomic E-state index is 10.4. The van der Waals surface area contributed by atoms with E-state index in [2.05, 4.69) is 27.4 Å². The molecule has 5 N–H and O–H groups in total. The van der Waals surface area contributed by atoms with E-state index in [1.807, 2.05) is 0 Å². The fourth-order valence-electron chi connectivity index (χ4n) is 1.41. The maximum Gasteiger partial charge on any atom is 0.226 e. The number of anilines is 3. The molecule has 0 saturated heterocycles. The van der Waals surface area contributed by atoms with E-state index < -0.39 is 0 Å². The largest absolute Gasteiger partial charge is 0.382 e. The highest BCUT2D eigenvalue weighted by atomic mass is 16.3. The van der Waals surface area contributed by atoms with Gasteiger partial charge in [0.25, 0.3) is 0 Å². The number of hydrogen-bond donors (Lipinski definition) is 3. The zero-order valence-corrected chi connectivity index (χ0v) is 9.94. The van der Waals surface area contributed by atoms with Gasteiger partial charge >= 0.3 is 0 Å². The summed E-state index contributed by atoms with van der Waals surface area (Å²) in [6.07, 6.45) is 4.59. The highest BCUT2D eigenvalue weighted by Gasteiger charge is 2.09. The maximum absolute atomic E-state index is 10.4. The second-order valence-electron chi connectivity index (χ2n) is 3.75. The van der Waals surface area contributed by atoms with Gasteiger partial charge in [0, 0.05) is 6.54 Å². The number of nitrogen functional groups attached to an aromatic ring is 2. The van der Waals surface area contributed by atoms with E-state index in [4.69, 9.17) is 11.5 Å². The predicted molar refractivity (Wildman–Crippen MR) is 68.9 cm³/mol.